The van der Waals surface area contributed by atoms with Gasteiger partial charge in [-0.1, -0.05) is 52.3 Å². The molecular weight excluding hydrogens is 232 g/mol. The van der Waals surface area contributed by atoms with Gasteiger partial charge in [-0.25, -0.2) is 0 Å². The fourth-order valence-corrected chi connectivity index (χ4v) is 3.72. The number of benzene rings is 1. The first-order valence-corrected chi connectivity index (χ1v) is 7.91. The molecule has 1 fully saturated rings. The van der Waals surface area contributed by atoms with Gasteiger partial charge in [0.15, 0.2) is 0 Å². The van der Waals surface area contributed by atoms with E-state index in [-0.39, 0.29) is 0 Å². The van der Waals surface area contributed by atoms with Crippen molar-refractivity contribution in [3.63, 3.8) is 0 Å². The first-order valence-electron chi connectivity index (χ1n) is 7.91. The van der Waals surface area contributed by atoms with E-state index in [1.807, 2.05) is 0 Å². The maximum absolute atomic E-state index is 6.44. The maximum Gasteiger partial charge on any atom is 0.122 e. The molecule has 0 saturated heterocycles. The molecule has 2 atom stereocenters. The van der Waals surface area contributed by atoms with Crippen LogP contribution in [0.15, 0.2) is 24.3 Å². The van der Waals surface area contributed by atoms with Crippen LogP contribution in [0.4, 0.5) is 0 Å². The van der Waals surface area contributed by atoms with E-state index in [9.17, 15) is 0 Å². The summed E-state index contributed by atoms with van der Waals surface area (Å²) in [4.78, 5) is 0. The molecule has 1 nitrogen and oxygen atoms in total. The van der Waals surface area contributed by atoms with E-state index in [0.29, 0.717) is 17.4 Å². The van der Waals surface area contributed by atoms with Gasteiger partial charge in [0.05, 0.1) is 0 Å². The third-order valence-corrected chi connectivity index (χ3v) is 5.00. The Balaban J connectivity index is 2.16. The van der Waals surface area contributed by atoms with Crippen LogP contribution in [0.1, 0.15) is 58.9 Å². The first-order chi connectivity index (χ1) is 9.16. The number of ether oxygens (including phenoxy) is 1. The van der Waals surface area contributed by atoms with E-state index in [1.54, 1.807) is 0 Å². The van der Waals surface area contributed by atoms with E-state index in [0.717, 1.165) is 12.2 Å². The minimum absolute atomic E-state index is 0.403. The van der Waals surface area contributed by atoms with Crippen LogP contribution in [0.25, 0.3) is 0 Å². The van der Waals surface area contributed by atoms with Gasteiger partial charge < -0.3 is 4.74 Å². The molecule has 106 valence electrons. The summed E-state index contributed by atoms with van der Waals surface area (Å²) in [7, 11) is 0. The van der Waals surface area contributed by atoms with Crippen molar-refractivity contribution in [2.75, 3.05) is 0 Å². The first kappa shape index (κ1) is 14.4. The van der Waals surface area contributed by atoms with Crippen LogP contribution in [-0.4, -0.2) is 6.10 Å². The van der Waals surface area contributed by atoms with E-state index in [4.69, 9.17) is 4.74 Å². The molecule has 1 heteroatoms. The third-order valence-electron chi connectivity index (χ3n) is 5.00. The molecule has 0 aliphatic heterocycles. The zero-order chi connectivity index (χ0) is 13.9. The molecular formula is C18H28O. The summed E-state index contributed by atoms with van der Waals surface area (Å²) in [5.41, 5.74) is 1.78. The van der Waals surface area contributed by atoms with Gasteiger partial charge in [-0.2, -0.15) is 0 Å². The fourth-order valence-electron chi connectivity index (χ4n) is 3.72. The molecule has 1 aromatic rings. The highest BCUT2D eigenvalue weighted by molar-refractivity contribution is 5.34. The van der Waals surface area contributed by atoms with Crippen molar-refractivity contribution in [2.45, 2.75) is 65.9 Å². The summed E-state index contributed by atoms with van der Waals surface area (Å²) in [5.74, 6) is 1.81. The van der Waals surface area contributed by atoms with Crippen molar-refractivity contribution in [3.8, 4) is 5.75 Å². The molecule has 0 bridgehead atoms. The van der Waals surface area contributed by atoms with Crippen LogP contribution in [0, 0.1) is 11.3 Å². The topological polar surface area (TPSA) is 9.23 Å². The lowest BCUT2D eigenvalue weighted by molar-refractivity contribution is -0.101. The van der Waals surface area contributed by atoms with Crippen molar-refractivity contribution in [2.24, 2.45) is 11.3 Å². The lowest BCUT2D eigenvalue weighted by Crippen LogP contribution is -2.54. The predicted molar refractivity (Wildman–Crippen MR) is 81.6 cm³/mol. The second-order valence-electron chi connectivity index (χ2n) is 6.15. The Hall–Kier alpha value is -0.980. The second-order valence-corrected chi connectivity index (χ2v) is 6.15. The lowest BCUT2D eigenvalue weighted by atomic mass is 9.57. The summed E-state index contributed by atoms with van der Waals surface area (Å²) in [6, 6.07) is 8.57. The van der Waals surface area contributed by atoms with Crippen LogP contribution in [0.2, 0.25) is 0 Å². The maximum atomic E-state index is 6.44. The van der Waals surface area contributed by atoms with Gasteiger partial charge in [0, 0.05) is 5.41 Å². The van der Waals surface area contributed by atoms with Gasteiger partial charge in [-0.05, 0) is 43.2 Å². The lowest BCUT2D eigenvalue weighted by Gasteiger charge is -2.53. The molecule has 0 radical (unpaired) electrons. The average Bonchev–Trinajstić information content (AvgIpc) is 2.43. The summed E-state index contributed by atoms with van der Waals surface area (Å²) < 4.78 is 6.44. The molecule has 19 heavy (non-hydrogen) atoms. The van der Waals surface area contributed by atoms with Crippen LogP contribution >= 0.6 is 0 Å². The fraction of sp³-hybridized carbons (Fsp3) is 0.667. The molecule has 0 heterocycles. The molecule has 1 aromatic carbocycles. The SMILES string of the molecule is CCCc1ccccc1O[C@H]1C(C)CC1(CC)CC. The minimum atomic E-state index is 0.403. The number of para-hydroxylation sites is 1. The minimum Gasteiger partial charge on any atom is -0.489 e. The average molecular weight is 260 g/mol. The number of rotatable bonds is 6. The molecule has 1 saturated carbocycles. The predicted octanol–water partition coefficient (Wildman–Crippen LogP) is 5.23. The zero-order valence-electron chi connectivity index (χ0n) is 12.9. The molecule has 1 unspecified atom stereocenters. The van der Waals surface area contributed by atoms with Crippen LogP contribution < -0.4 is 4.74 Å². The van der Waals surface area contributed by atoms with Gasteiger partial charge in [0.1, 0.15) is 11.9 Å². The highest BCUT2D eigenvalue weighted by Gasteiger charge is 2.51. The highest BCUT2D eigenvalue weighted by atomic mass is 16.5. The van der Waals surface area contributed by atoms with E-state index in [2.05, 4.69) is 52.0 Å². The van der Waals surface area contributed by atoms with Crippen molar-refractivity contribution in [1.29, 1.82) is 0 Å². The van der Waals surface area contributed by atoms with Gasteiger partial charge in [0.25, 0.3) is 0 Å². The molecule has 1 aliphatic carbocycles. The highest BCUT2D eigenvalue weighted by Crippen LogP contribution is 2.52. The van der Waals surface area contributed by atoms with Gasteiger partial charge in [-0.3, -0.25) is 0 Å². The van der Waals surface area contributed by atoms with Crippen molar-refractivity contribution >= 4 is 0 Å². The Bertz CT molecular complexity index is 406. The van der Waals surface area contributed by atoms with Crippen LogP contribution in [-0.2, 0) is 6.42 Å². The normalized spacial score (nSPS) is 24.8. The van der Waals surface area contributed by atoms with Crippen LogP contribution in [0.5, 0.6) is 5.75 Å². The number of hydrogen-bond acceptors (Lipinski definition) is 1. The van der Waals surface area contributed by atoms with Crippen molar-refractivity contribution in [1.82, 2.24) is 0 Å². The molecule has 1 aliphatic rings. The third kappa shape index (κ3) is 2.66. The summed E-state index contributed by atoms with van der Waals surface area (Å²) >= 11 is 0. The molecule has 0 aromatic heterocycles. The number of hydrogen-bond donors (Lipinski definition) is 0. The number of aryl methyl sites for hydroxylation is 1. The Morgan fingerprint density at radius 1 is 1.16 bits per heavy atom. The summed E-state index contributed by atoms with van der Waals surface area (Å²) in [5, 5.41) is 0. The quantitative estimate of drug-likeness (QED) is 0.680. The van der Waals surface area contributed by atoms with E-state index >= 15 is 0 Å². The smallest absolute Gasteiger partial charge is 0.122 e. The largest absolute Gasteiger partial charge is 0.489 e. The molecule has 0 spiro atoms. The second kappa shape index (κ2) is 5.98. The molecule has 2 rings (SSSR count). The van der Waals surface area contributed by atoms with E-state index < -0.39 is 0 Å². The van der Waals surface area contributed by atoms with Crippen LogP contribution in [0.3, 0.4) is 0 Å². The van der Waals surface area contributed by atoms with Crippen molar-refractivity contribution in [3.05, 3.63) is 29.8 Å². The Kier molecular flexibility index (Phi) is 4.54. The monoisotopic (exact) mass is 260 g/mol. The van der Waals surface area contributed by atoms with Gasteiger partial charge in [0.2, 0.25) is 0 Å². The molecule has 0 amide bonds. The Labute approximate surface area is 118 Å². The van der Waals surface area contributed by atoms with Gasteiger partial charge >= 0.3 is 0 Å². The van der Waals surface area contributed by atoms with Gasteiger partial charge in [-0.15, -0.1) is 0 Å². The van der Waals surface area contributed by atoms with Crippen molar-refractivity contribution < 1.29 is 4.74 Å². The van der Waals surface area contributed by atoms with E-state index in [1.165, 1.54) is 31.2 Å². The standard InChI is InChI=1S/C18H28O/c1-5-10-15-11-8-9-12-16(15)19-17-14(4)13-18(17,6-2)7-3/h8-9,11-12,14,17H,5-7,10,13H2,1-4H3/t14?,17-/m0/s1. The summed E-state index contributed by atoms with van der Waals surface area (Å²) in [6.07, 6.45) is 6.47. The Morgan fingerprint density at radius 2 is 1.84 bits per heavy atom. The summed E-state index contributed by atoms with van der Waals surface area (Å²) in [6.45, 7) is 9.18. The molecule has 0 N–H and O–H groups in total. The zero-order valence-corrected chi connectivity index (χ0v) is 12.9. The Morgan fingerprint density at radius 3 is 2.42 bits per heavy atom.